The molecule has 9 heteroatoms. The Morgan fingerprint density at radius 2 is 1.69 bits per heavy atom. The number of rotatable bonds is 9. The number of carbonyl (C=O) groups excluding carboxylic acids is 1. The van der Waals surface area contributed by atoms with E-state index in [-0.39, 0.29) is 5.91 Å². The molecule has 2 aromatic rings. The highest BCUT2D eigenvalue weighted by Crippen LogP contribution is 2.29. The average molecular weight is 423 g/mol. The first-order valence-electron chi connectivity index (χ1n) is 8.93. The second kappa shape index (κ2) is 9.51. The van der Waals surface area contributed by atoms with E-state index in [0.717, 1.165) is 10.6 Å². The maximum atomic E-state index is 12.7. The number of benzene rings is 2. The second-order valence-corrected chi connectivity index (χ2v) is 8.31. The molecule has 2 rings (SSSR count). The van der Waals surface area contributed by atoms with Gasteiger partial charge in [0, 0.05) is 13.1 Å². The molecule has 8 nitrogen and oxygen atoms in total. The predicted molar refractivity (Wildman–Crippen MR) is 113 cm³/mol. The lowest BCUT2D eigenvalue weighted by Gasteiger charge is -2.20. The lowest BCUT2D eigenvalue weighted by Crippen LogP contribution is -2.32. The lowest BCUT2D eigenvalue weighted by molar-refractivity contribution is -0.122. The Labute approximate surface area is 171 Å². The van der Waals surface area contributed by atoms with E-state index in [1.807, 2.05) is 6.92 Å². The average Bonchev–Trinajstić information content (AvgIpc) is 2.71. The van der Waals surface area contributed by atoms with Crippen molar-refractivity contribution in [1.29, 1.82) is 0 Å². The van der Waals surface area contributed by atoms with Crippen molar-refractivity contribution >= 4 is 27.3 Å². The van der Waals surface area contributed by atoms with E-state index in [1.54, 1.807) is 49.6 Å². The summed E-state index contributed by atoms with van der Waals surface area (Å²) in [6.07, 6.45) is 0.831. The number of nitrogens with zero attached hydrogens (tertiary/aromatic N) is 1. The Morgan fingerprint density at radius 1 is 1.07 bits per heavy atom. The summed E-state index contributed by atoms with van der Waals surface area (Å²) in [5.41, 5.74) is 1.01. The molecule has 0 aliphatic carbocycles. The molecule has 0 radical (unpaired) electrons. The minimum Gasteiger partial charge on any atom is -0.497 e. The Hall–Kier alpha value is -2.94. The van der Waals surface area contributed by atoms with Crippen LogP contribution >= 0.6 is 0 Å². The summed E-state index contributed by atoms with van der Waals surface area (Å²) in [7, 11) is 1.18. The van der Waals surface area contributed by atoms with Gasteiger partial charge in [0.2, 0.25) is 10.0 Å². The van der Waals surface area contributed by atoms with Gasteiger partial charge in [0.1, 0.15) is 17.2 Å². The van der Waals surface area contributed by atoms with Crippen molar-refractivity contribution in [2.45, 2.75) is 19.4 Å². The van der Waals surface area contributed by atoms with Gasteiger partial charge in [0.05, 0.1) is 31.9 Å². The third-order valence-corrected chi connectivity index (χ3v) is 5.51. The molecule has 0 aliphatic rings. The van der Waals surface area contributed by atoms with Crippen molar-refractivity contribution in [2.75, 3.05) is 37.1 Å². The molecule has 0 aromatic heterocycles. The Kier molecular flexibility index (Phi) is 7.33. The largest absolute Gasteiger partial charge is 0.497 e. The van der Waals surface area contributed by atoms with Crippen molar-refractivity contribution in [1.82, 2.24) is 0 Å². The van der Waals surface area contributed by atoms with Crippen LogP contribution in [0.25, 0.3) is 0 Å². The first-order chi connectivity index (χ1) is 13.7. The molecule has 1 amide bonds. The third-order valence-electron chi connectivity index (χ3n) is 4.31. The number of amides is 1. The molecule has 1 atom stereocenters. The third kappa shape index (κ3) is 5.77. The van der Waals surface area contributed by atoms with E-state index < -0.39 is 16.1 Å². The number of hydrogen-bond acceptors (Lipinski definition) is 6. The number of methoxy groups -OCH3 is 2. The highest BCUT2D eigenvalue weighted by Gasteiger charge is 2.20. The van der Waals surface area contributed by atoms with Gasteiger partial charge in [0.15, 0.2) is 6.10 Å². The van der Waals surface area contributed by atoms with E-state index >= 15 is 0 Å². The quantitative estimate of drug-likeness (QED) is 0.668. The molecule has 0 heterocycles. The number of hydrogen-bond donors (Lipinski definition) is 1. The van der Waals surface area contributed by atoms with Gasteiger partial charge in [-0.15, -0.1) is 0 Å². The van der Waals surface area contributed by atoms with Crippen molar-refractivity contribution in [3.63, 3.8) is 0 Å². The van der Waals surface area contributed by atoms with Gasteiger partial charge in [0.25, 0.3) is 5.91 Å². The van der Waals surface area contributed by atoms with Gasteiger partial charge < -0.3 is 19.5 Å². The summed E-state index contributed by atoms with van der Waals surface area (Å²) in [6, 6.07) is 11.6. The summed E-state index contributed by atoms with van der Waals surface area (Å²) in [5, 5.41) is 2.80. The maximum Gasteiger partial charge on any atom is 0.265 e. The van der Waals surface area contributed by atoms with Crippen LogP contribution in [0.3, 0.4) is 0 Å². The van der Waals surface area contributed by atoms with Gasteiger partial charge in [-0.05, 0) is 42.8 Å². The minimum absolute atomic E-state index is 0.326. The predicted octanol–water partition coefficient (Wildman–Crippen LogP) is 2.90. The van der Waals surface area contributed by atoms with Crippen LogP contribution in [-0.2, 0) is 14.8 Å². The first-order valence-corrected chi connectivity index (χ1v) is 10.8. The molecule has 2 aromatic carbocycles. The number of anilines is 2. The Balaban J connectivity index is 2.11. The van der Waals surface area contributed by atoms with Crippen molar-refractivity contribution < 1.29 is 27.4 Å². The molecular weight excluding hydrogens is 396 g/mol. The number of carbonyl (C=O) groups is 1. The van der Waals surface area contributed by atoms with E-state index in [0.29, 0.717) is 35.0 Å². The van der Waals surface area contributed by atoms with Crippen LogP contribution < -0.4 is 23.8 Å². The zero-order chi connectivity index (χ0) is 21.6. The van der Waals surface area contributed by atoms with Crippen LogP contribution in [0.2, 0.25) is 0 Å². The molecule has 158 valence electrons. The highest BCUT2D eigenvalue weighted by molar-refractivity contribution is 7.92. The summed E-state index contributed by atoms with van der Waals surface area (Å²) in [5.74, 6) is 1.22. The van der Waals surface area contributed by atoms with Crippen molar-refractivity contribution in [3.8, 4) is 17.2 Å². The normalized spacial score (nSPS) is 12.0. The zero-order valence-corrected chi connectivity index (χ0v) is 17.9. The molecule has 0 spiro atoms. The van der Waals surface area contributed by atoms with E-state index in [2.05, 4.69) is 5.32 Å². The van der Waals surface area contributed by atoms with E-state index in [4.69, 9.17) is 14.2 Å². The summed E-state index contributed by atoms with van der Waals surface area (Å²) in [6.45, 7) is 1.83. The Bertz CT molecular complexity index is 944. The minimum atomic E-state index is -3.35. The summed E-state index contributed by atoms with van der Waals surface area (Å²) in [4.78, 5) is 12.7. The number of ether oxygens (including phenoxy) is 3. The summed E-state index contributed by atoms with van der Waals surface area (Å²) >= 11 is 0. The molecule has 0 aliphatic heterocycles. The fourth-order valence-electron chi connectivity index (χ4n) is 2.53. The lowest BCUT2D eigenvalue weighted by atomic mass is 10.2. The van der Waals surface area contributed by atoms with Gasteiger partial charge in [-0.3, -0.25) is 9.10 Å². The molecule has 0 unspecified atom stereocenters. The second-order valence-electron chi connectivity index (χ2n) is 6.29. The zero-order valence-electron chi connectivity index (χ0n) is 17.1. The van der Waals surface area contributed by atoms with Crippen LogP contribution in [0.4, 0.5) is 11.4 Å². The van der Waals surface area contributed by atoms with Gasteiger partial charge in [-0.1, -0.05) is 6.92 Å². The molecule has 0 bridgehead atoms. The van der Waals surface area contributed by atoms with Crippen LogP contribution in [0.1, 0.15) is 13.3 Å². The standard InChI is InChI=1S/C20H26N2O6S/c1-6-18(20(23)21-17-12-11-16(26-3)13-19(17)27-4)28-15-9-7-14(8-10-15)22(2)29(5,24)25/h7-13,18H,6H2,1-5H3,(H,21,23)/t18-/m1/s1. The van der Waals surface area contributed by atoms with E-state index in [1.165, 1.54) is 14.2 Å². The van der Waals surface area contributed by atoms with Crippen LogP contribution in [-0.4, -0.2) is 48.0 Å². The molecule has 0 saturated heterocycles. The van der Waals surface area contributed by atoms with Gasteiger partial charge in [-0.25, -0.2) is 8.42 Å². The topological polar surface area (TPSA) is 94.2 Å². The van der Waals surface area contributed by atoms with Crippen LogP contribution in [0.15, 0.2) is 42.5 Å². The maximum absolute atomic E-state index is 12.7. The SMILES string of the molecule is CC[C@@H](Oc1ccc(N(C)S(C)(=O)=O)cc1)C(=O)Nc1ccc(OC)cc1OC. The fourth-order valence-corrected chi connectivity index (χ4v) is 3.03. The van der Waals surface area contributed by atoms with Crippen molar-refractivity contribution in [2.24, 2.45) is 0 Å². The molecule has 0 saturated carbocycles. The molecular formula is C20H26N2O6S. The fraction of sp³-hybridized carbons (Fsp3) is 0.350. The summed E-state index contributed by atoms with van der Waals surface area (Å²) < 4.78 is 40.6. The van der Waals surface area contributed by atoms with Gasteiger partial charge in [-0.2, -0.15) is 0 Å². The van der Waals surface area contributed by atoms with Gasteiger partial charge >= 0.3 is 0 Å². The highest BCUT2D eigenvalue weighted by atomic mass is 32.2. The monoisotopic (exact) mass is 422 g/mol. The van der Waals surface area contributed by atoms with Crippen LogP contribution in [0.5, 0.6) is 17.2 Å². The van der Waals surface area contributed by atoms with E-state index in [9.17, 15) is 13.2 Å². The smallest absolute Gasteiger partial charge is 0.265 e. The molecule has 1 N–H and O–H groups in total. The number of nitrogens with one attached hydrogen (secondary N) is 1. The molecule has 0 fully saturated rings. The van der Waals surface area contributed by atoms with Crippen molar-refractivity contribution in [3.05, 3.63) is 42.5 Å². The van der Waals surface area contributed by atoms with Crippen LogP contribution in [0, 0.1) is 0 Å². The number of sulfonamides is 1. The molecule has 29 heavy (non-hydrogen) atoms. The first kappa shape index (κ1) is 22.4. The Morgan fingerprint density at radius 3 is 2.21 bits per heavy atom.